The number of imidazole rings is 2. The zero-order chi connectivity index (χ0) is 104. The van der Waals surface area contributed by atoms with Gasteiger partial charge in [0.05, 0.1) is 91.8 Å². The highest BCUT2D eigenvalue weighted by molar-refractivity contribution is 9.10. The minimum atomic E-state index is -0.942. The Balaban J connectivity index is 0.000000134. The smallest absolute Gasteiger partial charge is 0.491 e. The predicted octanol–water partition coefficient (Wildman–Crippen LogP) is 20.4. The van der Waals surface area contributed by atoms with Gasteiger partial charge in [0, 0.05) is 103 Å². The summed E-state index contributed by atoms with van der Waals surface area (Å²) in [5, 5.41) is 35.3. The summed E-state index contributed by atoms with van der Waals surface area (Å²) < 4.78 is 120. The Kier molecular flexibility index (Phi) is 35.0. The van der Waals surface area contributed by atoms with Crippen molar-refractivity contribution in [3.05, 3.63) is 307 Å². The van der Waals surface area contributed by atoms with Gasteiger partial charge >= 0.3 is 18.8 Å². The maximum atomic E-state index is 15.0. The number of carboxylic acid groups (broad SMARTS) is 1. The zero-order valence-electron chi connectivity index (χ0n) is 78.5. The first kappa shape index (κ1) is 107. The van der Waals surface area contributed by atoms with Gasteiger partial charge in [-0.3, -0.25) is 38.5 Å². The third kappa shape index (κ3) is 27.3. The van der Waals surface area contributed by atoms with Crippen molar-refractivity contribution < 1.29 is 79.1 Å². The molecule has 33 nitrogen and oxygen atoms in total. The number of halogens is 13. The van der Waals surface area contributed by atoms with Crippen molar-refractivity contribution in [1.82, 2.24) is 84.3 Å². The number of aromatic amines is 2. The van der Waals surface area contributed by atoms with Crippen LogP contribution >= 0.6 is 94.2 Å². The fourth-order valence-corrected chi connectivity index (χ4v) is 16.6. The third-order valence-electron chi connectivity index (χ3n) is 23.6. The summed E-state index contributed by atoms with van der Waals surface area (Å²) in [4.78, 5) is 90.6. The number of pyridine rings is 4. The lowest BCUT2D eigenvalue weighted by atomic mass is 9.78. The molecule has 3 saturated carbocycles. The quantitative estimate of drug-likeness (QED) is 0.0185. The second-order valence-corrected chi connectivity index (χ2v) is 38.8. The molecule has 3 aliphatic carbocycles. The van der Waals surface area contributed by atoms with E-state index in [4.69, 9.17) is 92.2 Å². The van der Waals surface area contributed by atoms with Crippen LogP contribution in [-0.2, 0) is 48.9 Å². The number of carboxylic acids is 1. The average molecular weight is 2260 g/mol. The van der Waals surface area contributed by atoms with Crippen molar-refractivity contribution in [1.29, 1.82) is 0 Å². The number of hydrogen-bond donors (Lipinski definition) is 7. The number of fused-ring (bicyclic) bond motifs is 5. The van der Waals surface area contributed by atoms with Crippen LogP contribution in [0, 0.1) is 45.0 Å². The van der Waals surface area contributed by atoms with Gasteiger partial charge in [0.1, 0.15) is 122 Å². The van der Waals surface area contributed by atoms with Gasteiger partial charge in [-0.15, -0.1) is 0 Å². The summed E-state index contributed by atoms with van der Waals surface area (Å²) in [7, 11) is 4.72. The minimum Gasteiger partial charge on any atom is -0.491 e. The first-order valence-electron chi connectivity index (χ1n) is 44.8. The molecule has 0 bridgehead atoms. The number of alkyl halides is 1. The van der Waals surface area contributed by atoms with E-state index in [0.717, 1.165) is 93.5 Å². The molecule has 756 valence electrons. The summed E-state index contributed by atoms with van der Waals surface area (Å²) in [5.41, 5.74) is 24.2. The Morgan fingerprint density at radius 2 is 0.931 bits per heavy atom. The summed E-state index contributed by atoms with van der Waals surface area (Å²) in [6.45, 7) is 9.66. The molecular formula is C98H93BBr3Cl4F6N21O12. The van der Waals surface area contributed by atoms with Crippen LogP contribution in [0.2, 0.25) is 20.1 Å². The largest absolute Gasteiger partial charge is 0.494 e. The minimum absolute atomic E-state index is 0.00231. The van der Waals surface area contributed by atoms with Crippen LogP contribution in [-0.4, -0.2) is 171 Å². The number of rotatable bonds is 13. The Morgan fingerprint density at radius 3 is 1.31 bits per heavy atom. The van der Waals surface area contributed by atoms with Crippen LogP contribution in [0.1, 0.15) is 159 Å². The summed E-state index contributed by atoms with van der Waals surface area (Å²) in [6, 6.07) is 30.5. The number of H-pyrrole nitrogens is 2. The molecule has 15 aromatic rings. The van der Waals surface area contributed by atoms with E-state index in [0.29, 0.717) is 106 Å². The van der Waals surface area contributed by atoms with E-state index in [2.05, 4.69) is 108 Å². The van der Waals surface area contributed by atoms with Gasteiger partial charge < -0.3 is 70.9 Å². The van der Waals surface area contributed by atoms with Crippen LogP contribution in [0.4, 0.5) is 49.4 Å². The lowest BCUT2D eigenvalue weighted by Crippen LogP contribution is -2.41. The van der Waals surface area contributed by atoms with Crippen molar-refractivity contribution in [3.8, 4) is 40.0 Å². The molecule has 0 radical (unpaired) electrons. The number of nitrogens with two attached hydrogens (primary N) is 3. The molecule has 145 heavy (non-hydrogen) atoms. The molecule has 4 fully saturated rings. The van der Waals surface area contributed by atoms with E-state index in [1.807, 2.05) is 60.3 Å². The third-order valence-corrected chi connectivity index (χ3v) is 26.5. The Hall–Kier alpha value is -13.3. The lowest BCUT2D eigenvalue weighted by Gasteiger charge is -2.32. The predicted molar refractivity (Wildman–Crippen MR) is 547 cm³/mol. The maximum Gasteiger partial charge on any atom is 0.494 e. The number of nitrogen functional groups attached to an aromatic ring is 3. The van der Waals surface area contributed by atoms with Gasteiger partial charge in [-0.25, -0.2) is 61.0 Å². The number of nitrogens with one attached hydrogen (secondary N) is 3. The van der Waals surface area contributed by atoms with Crippen LogP contribution in [0.15, 0.2) is 186 Å². The highest BCUT2D eigenvalue weighted by Gasteiger charge is 2.52. The number of anilines is 3. The second-order valence-electron chi connectivity index (χ2n) is 34.8. The van der Waals surface area contributed by atoms with Gasteiger partial charge in [0.15, 0.2) is 11.3 Å². The topological polar surface area (TPSA) is 437 Å². The Morgan fingerprint density at radius 1 is 0.524 bits per heavy atom. The van der Waals surface area contributed by atoms with E-state index >= 15 is 4.39 Å². The normalized spacial score (nSPS) is 15.0. The summed E-state index contributed by atoms with van der Waals surface area (Å²) >= 11 is 32.7. The molecule has 47 heteroatoms. The fourth-order valence-electron chi connectivity index (χ4n) is 14.8. The van der Waals surface area contributed by atoms with E-state index in [9.17, 15) is 51.2 Å². The number of aromatic nitrogens is 14. The van der Waals surface area contributed by atoms with Crippen LogP contribution in [0.25, 0.3) is 45.1 Å². The fraction of sp³-hybridized carbons (Fsp3) is 0.276. The van der Waals surface area contributed by atoms with Crippen LogP contribution in [0.5, 0.6) is 17.2 Å². The van der Waals surface area contributed by atoms with Crippen molar-refractivity contribution >= 4 is 176 Å². The number of nitro groups is 1. The number of nitrogens with zero attached hydrogens (tertiary/aromatic N) is 15. The number of carbonyl (C=O) groups excluding carboxylic acids is 3. The highest BCUT2D eigenvalue weighted by Crippen LogP contribution is 2.47. The summed E-state index contributed by atoms with van der Waals surface area (Å²) in [5.74, 6) is -1.24. The first-order valence-corrected chi connectivity index (χ1v) is 49.0. The van der Waals surface area contributed by atoms with Gasteiger partial charge in [-0.2, -0.15) is 15.3 Å². The number of ether oxygens (including phenoxy) is 3. The molecular weight excluding hydrogens is 2170 g/mol. The number of aryl methyl sites for hydroxylation is 3. The van der Waals surface area contributed by atoms with Crippen LogP contribution in [0.3, 0.4) is 0 Å². The van der Waals surface area contributed by atoms with Gasteiger partial charge in [0.25, 0.3) is 17.7 Å². The highest BCUT2D eigenvalue weighted by atomic mass is 79.9. The molecule has 13 heterocycles. The van der Waals surface area contributed by atoms with Gasteiger partial charge in [-0.1, -0.05) is 118 Å². The molecule has 4 aliphatic heterocycles. The van der Waals surface area contributed by atoms with Gasteiger partial charge in [0.2, 0.25) is 5.82 Å². The van der Waals surface area contributed by atoms with Gasteiger partial charge in [-0.05, 0) is 203 Å². The van der Waals surface area contributed by atoms with E-state index in [1.165, 1.54) is 81.7 Å². The molecule has 6 aromatic carbocycles. The number of aromatic carboxylic acids is 1. The van der Waals surface area contributed by atoms with Crippen molar-refractivity contribution in [2.75, 3.05) is 56.7 Å². The molecule has 9 aromatic heterocycles. The average Bonchev–Trinajstić information content (AvgIpc) is 1.62. The SMILES string of the molecule is CC1(C)OB(c2ccc(CN3CCOc4cc(C5CC5)cc(F)c4C3=O)c(F)c2)OC1(C)C.Cn1cc(-c2nc3nccc(Cl)c3[nH]2)cn1.Cn1cc(-c2nc3nccc(Cl)c3[nH]2)cn1.Cn1cc(C(=O)O)cn1.Fc1cc(Br)ccc1CBr.Nc1nccc(Cl)c1N.Nc1nccc(Cl)c1[N+](=O)[O-].O=C1NCCOc2cc(C3CC3)cc(F)c21.O=C1c2c(F)cc(C3CC3)cc2OCCN1Cc1ccc(Br)cc1F. The monoisotopic (exact) mass is 2260 g/mol. The van der Waals surface area contributed by atoms with Crippen molar-refractivity contribution in [2.24, 2.45) is 21.1 Å². The van der Waals surface area contributed by atoms with Crippen molar-refractivity contribution in [3.63, 3.8) is 0 Å². The number of carbonyl (C=O) groups is 4. The molecule has 3 amide bonds. The van der Waals surface area contributed by atoms with E-state index < -0.39 is 70.1 Å². The molecule has 7 aliphatic rings. The molecule has 0 atom stereocenters. The van der Waals surface area contributed by atoms with Crippen molar-refractivity contribution in [2.45, 2.75) is 114 Å². The lowest BCUT2D eigenvalue weighted by molar-refractivity contribution is -0.384. The number of amides is 3. The second kappa shape index (κ2) is 47.3. The molecule has 0 spiro atoms. The molecule has 1 saturated heterocycles. The molecule has 10 N–H and O–H groups in total. The van der Waals surface area contributed by atoms with E-state index in [-0.39, 0.29) is 101 Å². The zero-order valence-corrected chi connectivity index (χ0v) is 86.2. The molecule has 0 unspecified atom stereocenters. The standard InChI is InChI=1S/C25H28BF2NO4.C19H16BrF2NO2.C12H12FNO2.2C10H8ClN5.C7H5Br2F.C5H4ClN3O2.C5H6ClN3.C5H6N2O2/c1-24(2)25(3,4)33-26(32-24)18-8-7-16(19(27)13-18)14-29-9-10-31-21-12-17(15-5-6-15)11-20(28)22(21)23(29)30;20-14-4-3-12(15(21)9-14)10-23-5-6-25-17-8-13(11-1-2-11)7-16(22)18(17)19(23)24;13-9-5-8(7-1-2-7)6-10-11(9)12(15)14-3-4-16-10;2*1-16-5-6(4-13-16)9-14-8-7(11)2-3-12-10(8)15-9;8-4-5-1-2-6(9)3-7(5)10;6-3-1-2-8-5(7)4(3)9(10)11;6-3-1-2-9-5(8)4(3)7;1-7-3-4(2-6-7)5(8)9/h7-8,11-13,15H,5-6,9-10,14H2,1-4H3;3-4,7-9,11H,1-2,5-6,10H2;5-7H,1-4H2,(H,14,15);2*2-5H,1H3,(H,12,14,15);1-3H,4H2;1-2H,(H2,7,8);1-2H,7H2,(H2,8,9);2-3H,1H3,(H,8,9). The Labute approximate surface area is 871 Å². The first-order chi connectivity index (χ1) is 69.1. The summed E-state index contributed by atoms with van der Waals surface area (Å²) in [6.07, 6.45) is 22.4. The number of hydrogen-bond acceptors (Lipinski definition) is 23. The maximum absolute atomic E-state index is 15.0. The van der Waals surface area contributed by atoms with E-state index in [1.54, 1.807) is 108 Å². The Bertz CT molecular complexity index is 7150. The number of benzene rings is 6. The van der Waals surface area contributed by atoms with Crippen LogP contribution < -0.4 is 42.2 Å². The molecule has 22 rings (SSSR count).